The summed E-state index contributed by atoms with van der Waals surface area (Å²) in [5.74, 6) is 0. The molecule has 0 fully saturated rings. The number of rotatable bonds is 2. The third-order valence-corrected chi connectivity index (χ3v) is 2.04. The third-order valence-electron chi connectivity index (χ3n) is 2.04. The molecule has 2 rings (SSSR count). The lowest BCUT2D eigenvalue weighted by molar-refractivity contribution is 0.214. The molecule has 0 amide bonds. The Morgan fingerprint density at radius 3 is 2.57 bits per heavy atom. The molecular weight excluding hydrogens is 178 g/mol. The molecule has 2 aromatic heterocycles. The summed E-state index contributed by atoms with van der Waals surface area (Å²) in [6.45, 7) is 0. The molecule has 0 saturated heterocycles. The van der Waals surface area contributed by atoms with E-state index in [9.17, 15) is 5.11 Å². The van der Waals surface area contributed by atoms with Crippen molar-refractivity contribution in [1.82, 2.24) is 14.8 Å². The molecule has 0 aliphatic carbocycles. The van der Waals surface area contributed by atoms with Crippen LogP contribution in [0.1, 0.15) is 17.4 Å². The first-order valence-electron chi connectivity index (χ1n) is 4.35. The van der Waals surface area contributed by atoms with Crippen LogP contribution in [-0.2, 0) is 7.05 Å². The van der Waals surface area contributed by atoms with Gasteiger partial charge >= 0.3 is 0 Å². The van der Waals surface area contributed by atoms with E-state index >= 15 is 0 Å². The fourth-order valence-electron chi connectivity index (χ4n) is 1.30. The highest BCUT2D eigenvalue weighted by molar-refractivity contribution is 5.22. The Bertz CT molecular complexity index is 410. The number of aliphatic hydroxyl groups excluding tert-OH is 1. The average molecular weight is 189 g/mol. The zero-order chi connectivity index (χ0) is 9.97. The van der Waals surface area contributed by atoms with E-state index in [1.807, 2.05) is 7.05 Å². The standard InChI is InChI=1S/C10H11N3O/c1-13-7-4-9(12-13)10(14)8-2-5-11-6-3-8/h2-7,10,14H,1H3. The summed E-state index contributed by atoms with van der Waals surface area (Å²) in [6.07, 6.45) is 4.45. The van der Waals surface area contributed by atoms with Gasteiger partial charge in [-0.3, -0.25) is 9.67 Å². The topological polar surface area (TPSA) is 50.9 Å². The molecule has 4 nitrogen and oxygen atoms in total. The van der Waals surface area contributed by atoms with Crippen LogP contribution in [0.3, 0.4) is 0 Å². The molecule has 0 aliphatic rings. The second-order valence-electron chi connectivity index (χ2n) is 3.10. The van der Waals surface area contributed by atoms with E-state index in [1.165, 1.54) is 0 Å². The van der Waals surface area contributed by atoms with Gasteiger partial charge in [0.15, 0.2) is 0 Å². The number of hydrogen-bond acceptors (Lipinski definition) is 3. The van der Waals surface area contributed by atoms with Gasteiger partial charge < -0.3 is 5.11 Å². The monoisotopic (exact) mass is 189 g/mol. The van der Waals surface area contributed by atoms with Crippen LogP contribution in [0, 0.1) is 0 Å². The minimum absolute atomic E-state index is 0.652. The first-order chi connectivity index (χ1) is 6.77. The Morgan fingerprint density at radius 1 is 1.29 bits per heavy atom. The zero-order valence-corrected chi connectivity index (χ0v) is 7.83. The summed E-state index contributed by atoms with van der Waals surface area (Å²) < 4.78 is 1.67. The number of aromatic nitrogens is 3. The van der Waals surface area contributed by atoms with Crippen molar-refractivity contribution in [1.29, 1.82) is 0 Å². The van der Waals surface area contributed by atoms with Gasteiger partial charge in [0.25, 0.3) is 0 Å². The molecule has 0 saturated carbocycles. The molecule has 0 bridgehead atoms. The molecule has 0 aliphatic heterocycles. The lowest BCUT2D eigenvalue weighted by atomic mass is 10.1. The molecule has 0 radical (unpaired) electrons. The molecule has 0 spiro atoms. The van der Waals surface area contributed by atoms with Crippen molar-refractivity contribution in [3.63, 3.8) is 0 Å². The van der Waals surface area contributed by atoms with Crippen LogP contribution >= 0.6 is 0 Å². The quantitative estimate of drug-likeness (QED) is 0.763. The molecule has 2 aromatic rings. The molecule has 72 valence electrons. The van der Waals surface area contributed by atoms with Gasteiger partial charge in [-0.05, 0) is 23.8 Å². The van der Waals surface area contributed by atoms with Crippen LogP contribution in [0.15, 0.2) is 36.8 Å². The fraction of sp³-hybridized carbons (Fsp3) is 0.200. The fourth-order valence-corrected chi connectivity index (χ4v) is 1.30. The highest BCUT2D eigenvalue weighted by Gasteiger charge is 2.11. The molecule has 1 unspecified atom stereocenters. The third kappa shape index (κ3) is 1.65. The predicted octanol–water partition coefficient (Wildman–Crippen LogP) is 0.897. The largest absolute Gasteiger partial charge is 0.382 e. The summed E-state index contributed by atoms with van der Waals surface area (Å²) in [6, 6.07) is 5.35. The Morgan fingerprint density at radius 2 is 2.00 bits per heavy atom. The summed E-state index contributed by atoms with van der Waals surface area (Å²) in [4.78, 5) is 3.89. The SMILES string of the molecule is Cn1ccc(C(O)c2ccncc2)n1. The highest BCUT2D eigenvalue weighted by atomic mass is 16.3. The molecule has 0 aromatic carbocycles. The van der Waals surface area contributed by atoms with E-state index < -0.39 is 6.10 Å². The average Bonchev–Trinajstić information content (AvgIpc) is 2.65. The normalized spacial score (nSPS) is 12.7. The Kier molecular flexibility index (Phi) is 2.28. The van der Waals surface area contributed by atoms with Crippen LogP contribution in [0.5, 0.6) is 0 Å². The molecule has 2 heterocycles. The number of hydrogen-bond donors (Lipinski definition) is 1. The van der Waals surface area contributed by atoms with E-state index in [0.29, 0.717) is 5.69 Å². The minimum Gasteiger partial charge on any atom is -0.382 e. The molecular formula is C10H11N3O. The minimum atomic E-state index is -0.667. The van der Waals surface area contributed by atoms with Crippen LogP contribution < -0.4 is 0 Å². The predicted molar refractivity (Wildman–Crippen MR) is 51.5 cm³/mol. The lowest BCUT2D eigenvalue weighted by Gasteiger charge is -2.06. The first kappa shape index (κ1) is 8.90. The highest BCUT2D eigenvalue weighted by Crippen LogP contribution is 2.18. The summed E-state index contributed by atoms with van der Waals surface area (Å²) in [5, 5.41) is 14.0. The molecule has 14 heavy (non-hydrogen) atoms. The molecule has 1 N–H and O–H groups in total. The van der Waals surface area contributed by atoms with Gasteiger partial charge in [-0.25, -0.2) is 0 Å². The summed E-state index contributed by atoms with van der Waals surface area (Å²) in [7, 11) is 1.82. The van der Waals surface area contributed by atoms with E-state index in [0.717, 1.165) is 5.56 Å². The van der Waals surface area contributed by atoms with Gasteiger partial charge in [0.1, 0.15) is 6.10 Å². The van der Waals surface area contributed by atoms with E-state index in [1.54, 1.807) is 41.5 Å². The Labute approximate surface area is 81.8 Å². The van der Waals surface area contributed by atoms with Crippen LogP contribution in [0.25, 0.3) is 0 Å². The van der Waals surface area contributed by atoms with E-state index in [4.69, 9.17) is 0 Å². The van der Waals surface area contributed by atoms with Crippen LogP contribution in [0.2, 0.25) is 0 Å². The van der Waals surface area contributed by atoms with Crippen LogP contribution in [-0.4, -0.2) is 19.9 Å². The molecule has 4 heteroatoms. The maximum absolute atomic E-state index is 9.90. The molecule has 1 atom stereocenters. The van der Waals surface area contributed by atoms with Crippen molar-refractivity contribution in [2.75, 3.05) is 0 Å². The van der Waals surface area contributed by atoms with Crippen molar-refractivity contribution < 1.29 is 5.11 Å². The second kappa shape index (κ2) is 3.59. The van der Waals surface area contributed by atoms with Gasteiger partial charge in [-0.15, -0.1) is 0 Å². The van der Waals surface area contributed by atoms with Crippen molar-refractivity contribution in [3.05, 3.63) is 48.0 Å². The van der Waals surface area contributed by atoms with Gasteiger partial charge in [0.05, 0.1) is 5.69 Å². The Hall–Kier alpha value is -1.68. The van der Waals surface area contributed by atoms with Crippen molar-refractivity contribution in [2.24, 2.45) is 7.05 Å². The second-order valence-corrected chi connectivity index (χ2v) is 3.10. The lowest BCUT2D eigenvalue weighted by Crippen LogP contribution is -2.01. The Balaban J connectivity index is 2.29. The van der Waals surface area contributed by atoms with Gasteiger partial charge in [-0.1, -0.05) is 0 Å². The van der Waals surface area contributed by atoms with E-state index in [2.05, 4.69) is 10.1 Å². The maximum atomic E-state index is 9.90. The summed E-state index contributed by atoms with van der Waals surface area (Å²) >= 11 is 0. The van der Waals surface area contributed by atoms with Crippen molar-refractivity contribution >= 4 is 0 Å². The number of aryl methyl sites for hydroxylation is 1. The van der Waals surface area contributed by atoms with Crippen molar-refractivity contribution in [3.8, 4) is 0 Å². The van der Waals surface area contributed by atoms with Gasteiger partial charge in [-0.2, -0.15) is 5.10 Å². The van der Waals surface area contributed by atoms with Gasteiger partial charge in [0, 0.05) is 25.6 Å². The van der Waals surface area contributed by atoms with Gasteiger partial charge in [0.2, 0.25) is 0 Å². The number of pyridine rings is 1. The summed E-state index contributed by atoms with van der Waals surface area (Å²) in [5.41, 5.74) is 1.46. The number of aliphatic hydroxyl groups is 1. The zero-order valence-electron chi connectivity index (χ0n) is 7.83. The van der Waals surface area contributed by atoms with Crippen LogP contribution in [0.4, 0.5) is 0 Å². The maximum Gasteiger partial charge on any atom is 0.123 e. The van der Waals surface area contributed by atoms with Crippen molar-refractivity contribution in [2.45, 2.75) is 6.10 Å². The smallest absolute Gasteiger partial charge is 0.123 e. The number of nitrogens with zero attached hydrogens (tertiary/aromatic N) is 3. The van der Waals surface area contributed by atoms with E-state index in [-0.39, 0.29) is 0 Å². The first-order valence-corrected chi connectivity index (χ1v) is 4.35.